The predicted molar refractivity (Wildman–Crippen MR) is 134 cm³/mol. The summed E-state index contributed by atoms with van der Waals surface area (Å²) < 4.78 is 49.1. The quantitative estimate of drug-likeness (QED) is 0.273. The summed E-state index contributed by atoms with van der Waals surface area (Å²) in [5.74, 6) is -0.946. The maximum Gasteiger partial charge on any atom is 0.416 e. The molecule has 1 aromatic heterocycles. The van der Waals surface area contributed by atoms with Crippen molar-refractivity contribution in [1.29, 1.82) is 0 Å². The zero-order chi connectivity index (χ0) is 27.2. The highest BCUT2D eigenvalue weighted by Crippen LogP contribution is 2.37. The molecule has 0 unspecified atom stereocenters. The standard InChI is InChI=1S/C27H33F3O6S/c1-16(2)36-26(34)25-12-10-20(37-25)7-4-8-21-22(24(33)14-23(21)32)11-9-18(31)15-35-19-6-3-5-17(13-19)27(28,29)30/h3,5-6,9-13,16,18,21-24,31-33H,4,7-8,14-15H2,1-2H3/t18-,21-,22-,23+,24-/m1/s1. The Morgan fingerprint density at radius 2 is 1.95 bits per heavy atom. The van der Waals surface area contributed by atoms with Crippen LogP contribution in [0.3, 0.4) is 0 Å². The van der Waals surface area contributed by atoms with Crippen LogP contribution in [-0.4, -0.2) is 52.3 Å². The summed E-state index contributed by atoms with van der Waals surface area (Å²) in [5.41, 5.74) is -0.838. The monoisotopic (exact) mass is 542 g/mol. The Bertz CT molecular complexity index is 1050. The summed E-state index contributed by atoms with van der Waals surface area (Å²) in [5, 5.41) is 31.1. The highest BCUT2D eigenvalue weighted by molar-refractivity contribution is 7.13. The third-order valence-electron chi connectivity index (χ3n) is 6.22. The number of hydrogen-bond donors (Lipinski definition) is 3. The summed E-state index contributed by atoms with van der Waals surface area (Å²) in [6.07, 6.45) is -1.85. The molecule has 1 aliphatic rings. The highest BCUT2D eigenvalue weighted by Gasteiger charge is 2.39. The van der Waals surface area contributed by atoms with Gasteiger partial charge in [0.2, 0.25) is 0 Å². The molecule has 2 aromatic rings. The number of carbonyl (C=O) groups is 1. The number of aliphatic hydroxyl groups is 3. The van der Waals surface area contributed by atoms with Gasteiger partial charge >= 0.3 is 12.1 Å². The van der Waals surface area contributed by atoms with Crippen molar-refractivity contribution < 1.29 is 42.8 Å². The van der Waals surface area contributed by atoms with Crippen LogP contribution in [0, 0.1) is 11.8 Å². The summed E-state index contributed by atoms with van der Waals surface area (Å²) in [6.45, 7) is 3.33. The van der Waals surface area contributed by atoms with Gasteiger partial charge in [0.05, 0.1) is 23.9 Å². The van der Waals surface area contributed by atoms with Crippen molar-refractivity contribution in [2.24, 2.45) is 11.8 Å². The van der Waals surface area contributed by atoms with Crippen LogP contribution in [0.1, 0.15) is 53.2 Å². The van der Waals surface area contributed by atoms with E-state index in [1.54, 1.807) is 26.0 Å². The number of aliphatic hydroxyl groups excluding tert-OH is 3. The zero-order valence-electron chi connectivity index (χ0n) is 20.7. The number of rotatable bonds is 11. The van der Waals surface area contributed by atoms with Gasteiger partial charge in [-0.1, -0.05) is 18.2 Å². The third-order valence-corrected chi connectivity index (χ3v) is 7.34. The topological polar surface area (TPSA) is 96.2 Å². The van der Waals surface area contributed by atoms with E-state index in [4.69, 9.17) is 9.47 Å². The van der Waals surface area contributed by atoms with Crippen molar-refractivity contribution in [2.75, 3.05) is 6.61 Å². The van der Waals surface area contributed by atoms with Crippen LogP contribution < -0.4 is 4.74 Å². The molecule has 1 fully saturated rings. The average molecular weight is 543 g/mol. The third kappa shape index (κ3) is 8.56. The lowest BCUT2D eigenvalue weighted by molar-refractivity contribution is -0.137. The van der Waals surface area contributed by atoms with Crippen LogP contribution in [0.5, 0.6) is 5.75 Å². The van der Waals surface area contributed by atoms with Gasteiger partial charge in [-0.3, -0.25) is 0 Å². The molecular formula is C27H33F3O6S. The smallest absolute Gasteiger partial charge is 0.416 e. The minimum absolute atomic E-state index is 0.00863. The van der Waals surface area contributed by atoms with Crippen LogP contribution in [-0.2, 0) is 17.3 Å². The molecule has 1 heterocycles. The summed E-state index contributed by atoms with van der Waals surface area (Å²) in [4.78, 5) is 13.6. The van der Waals surface area contributed by atoms with E-state index in [1.165, 1.54) is 29.5 Å². The maximum absolute atomic E-state index is 12.8. The molecule has 0 radical (unpaired) electrons. The fourth-order valence-corrected chi connectivity index (χ4v) is 5.37. The molecule has 204 valence electrons. The van der Waals surface area contributed by atoms with Gasteiger partial charge in [0.15, 0.2) is 0 Å². The first-order valence-electron chi connectivity index (χ1n) is 12.3. The van der Waals surface area contributed by atoms with E-state index < -0.39 is 30.1 Å². The Balaban J connectivity index is 1.51. The Kier molecular flexibility index (Phi) is 10.2. The second-order valence-corrected chi connectivity index (χ2v) is 10.7. The highest BCUT2D eigenvalue weighted by atomic mass is 32.1. The average Bonchev–Trinajstić information content (AvgIpc) is 3.40. The lowest BCUT2D eigenvalue weighted by atomic mass is 9.88. The fraction of sp³-hybridized carbons (Fsp3) is 0.519. The number of hydrogen-bond acceptors (Lipinski definition) is 7. The van der Waals surface area contributed by atoms with Crippen molar-refractivity contribution >= 4 is 17.3 Å². The number of esters is 1. The van der Waals surface area contributed by atoms with Crippen molar-refractivity contribution in [2.45, 2.75) is 70.1 Å². The van der Waals surface area contributed by atoms with Gasteiger partial charge < -0.3 is 24.8 Å². The molecule has 1 saturated carbocycles. The largest absolute Gasteiger partial charge is 0.491 e. The maximum atomic E-state index is 12.8. The van der Waals surface area contributed by atoms with Gasteiger partial charge in [0, 0.05) is 17.2 Å². The number of halogens is 3. The molecule has 3 N–H and O–H groups in total. The summed E-state index contributed by atoms with van der Waals surface area (Å²) in [6, 6.07) is 8.05. The first-order valence-corrected chi connectivity index (χ1v) is 13.1. The summed E-state index contributed by atoms with van der Waals surface area (Å²) >= 11 is 1.38. The van der Waals surface area contributed by atoms with Crippen LogP contribution in [0.4, 0.5) is 13.2 Å². The van der Waals surface area contributed by atoms with Crippen molar-refractivity contribution in [3.8, 4) is 5.75 Å². The first kappa shape index (κ1) is 29.2. The molecule has 6 nitrogen and oxygen atoms in total. The van der Waals surface area contributed by atoms with Crippen molar-refractivity contribution in [3.05, 3.63) is 63.9 Å². The Morgan fingerprint density at radius 1 is 1.19 bits per heavy atom. The van der Waals surface area contributed by atoms with Gasteiger partial charge in [-0.15, -0.1) is 11.3 Å². The molecule has 1 aromatic carbocycles. The molecule has 0 bridgehead atoms. The molecule has 37 heavy (non-hydrogen) atoms. The first-order chi connectivity index (χ1) is 17.4. The molecular weight excluding hydrogens is 509 g/mol. The van der Waals surface area contributed by atoms with E-state index in [0.29, 0.717) is 17.7 Å². The minimum atomic E-state index is -4.49. The lowest BCUT2D eigenvalue weighted by Crippen LogP contribution is -2.22. The fourth-order valence-electron chi connectivity index (χ4n) is 4.44. The number of aryl methyl sites for hydroxylation is 1. The SMILES string of the molecule is CC(C)OC(=O)c1ccc(CCC[C@@H]2[C@@H](C=C[C@@H](O)COc3cccc(C(F)(F)F)c3)[C@H](O)C[C@@H]2O)s1. The number of carbonyl (C=O) groups excluding carboxylic acids is 1. The van der Waals surface area contributed by atoms with E-state index in [-0.39, 0.29) is 42.7 Å². The van der Waals surface area contributed by atoms with Gasteiger partial charge in [-0.2, -0.15) is 13.2 Å². The van der Waals surface area contributed by atoms with Gasteiger partial charge in [0.1, 0.15) is 23.3 Å². The number of alkyl halides is 3. The number of benzene rings is 1. The van der Waals surface area contributed by atoms with Crippen LogP contribution in [0.15, 0.2) is 48.6 Å². The van der Waals surface area contributed by atoms with E-state index in [1.807, 2.05) is 6.07 Å². The molecule has 0 saturated heterocycles. The number of ether oxygens (including phenoxy) is 2. The van der Waals surface area contributed by atoms with Gasteiger partial charge in [-0.25, -0.2) is 4.79 Å². The van der Waals surface area contributed by atoms with Crippen LogP contribution in [0.2, 0.25) is 0 Å². The molecule has 3 rings (SSSR count). The second kappa shape index (κ2) is 12.9. The van der Waals surface area contributed by atoms with E-state index >= 15 is 0 Å². The second-order valence-electron chi connectivity index (χ2n) is 9.51. The van der Waals surface area contributed by atoms with Gasteiger partial charge in [0.25, 0.3) is 0 Å². The predicted octanol–water partition coefficient (Wildman–Crippen LogP) is 5.01. The minimum Gasteiger partial charge on any atom is -0.491 e. The number of thiophene rings is 1. The normalized spacial score (nSPS) is 23.1. The molecule has 0 aliphatic heterocycles. The summed E-state index contributed by atoms with van der Waals surface area (Å²) in [7, 11) is 0. The zero-order valence-corrected chi connectivity index (χ0v) is 21.5. The van der Waals surface area contributed by atoms with Crippen molar-refractivity contribution in [1.82, 2.24) is 0 Å². The lowest BCUT2D eigenvalue weighted by Gasteiger charge is -2.21. The Labute approximate surface area is 218 Å². The van der Waals surface area contributed by atoms with Gasteiger partial charge in [-0.05, 0) is 69.4 Å². The molecule has 5 atom stereocenters. The van der Waals surface area contributed by atoms with Crippen LogP contribution >= 0.6 is 11.3 Å². The van der Waals surface area contributed by atoms with E-state index in [9.17, 15) is 33.3 Å². The Morgan fingerprint density at radius 3 is 2.65 bits per heavy atom. The Hall–Kier alpha value is -2.40. The molecule has 0 spiro atoms. The van der Waals surface area contributed by atoms with E-state index in [2.05, 4.69) is 0 Å². The molecule has 1 aliphatic carbocycles. The molecule has 0 amide bonds. The van der Waals surface area contributed by atoms with Crippen molar-refractivity contribution in [3.63, 3.8) is 0 Å². The molecule has 10 heteroatoms. The van der Waals surface area contributed by atoms with Crippen LogP contribution in [0.25, 0.3) is 0 Å². The van der Waals surface area contributed by atoms with E-state index in [0.717, 1.165) is 23.4 Å².